The van der Waals surface area contributed by atoms with Gasteiger partial charge in [0.2, 0.25) is 0 Å². The van der Waals surface area contributed by atoms with Gasteiger partial charge in [0.1, 0.15) is 0 Å². The van der Waals surface area contributed by atoms with Gasteiger partial charge in [-0.3, -0.25) is 0 Å². The lowest BCUT2D eigenvalue weighted by Crippen LogP contribution is -2.23. The highest BCUT2D eigenvalue weighted by atomic mass is 35.5. The fourth-order valence-corrected chi connectivity index (χ4v) is 0.307. The number of hydrogen-bond acceptors (Lipinski definition) is 3. The molecule has 0 heterocycles. The number of nitrogens with zero attached hydrogens (tertiary/aromatic N) is 1. The summed E-state index contributed by atoms with van der Waals surface area (Å²) in [4.78, 5) is 10.3. The molecule has 12 heavy (non-hydrogen) atoms. The second-order valence-corrected chi connectivity index (χ2v) is 2.12. The van der Waals surface area contributed by atoms with Crippen LogP contribution in [0.2, 0.25) is 0 Å². The maximum atomic E-state index is 10.3. The van der Waals surface area contributed by atoms with E-state index >= 15 is 0 Å². The Morgan fingerprint density at radius 1 is 1.83 bits per heavy atom. The van der Waals surface area contributed by atoms with Crippen LogP contribution in [0.25, 0.3) is 0 Å². The Hall–Kier alpha value is -1.21. The highest BCUT2D eigenvalue weighted by molar-refractivity contribution is 6.29. The number of halogens is 1. The molecule has 0 unspecified atom stereocenters. The fraction of sp³-hybridized carbons (Fsp3) is 0.429. The van der Waals surface area contributed by atoms with Gasteiger partial charge in [-0.05, 0) is 0 Å². The van der Waals surface area contributed by atoms with Crippen LogP contribution in [0.1, 0.15) is 6.92 Å². The monoisotopic (exact) mass is 190 g/mol. The van der Waals surface area contributed by atoms with E-state index in [1.54, 1.807) is 6.07 Å². The van der Waals surface area contributed by atoms with Crippen molar-refractivity contribution in [2.24, 2.45) is 0 Å². The number of ether oxygens (including phenoxy) is 1. The smallest absolute Gasteiger partial charge is 0.407 e. The molecule has 0 saturated heterocycles. The van der Waals surface area contributed by atoms with Gasteiger partial charge in [0.15, 0.2) is 0 Å². The van der Waals surface area contributed by atoms with Gasteiger partial charge < -0.3 is 10.1 Å². The molecule has 0 aliphatic rings. The number of methoxy groups -OCH3 is 1. The van der Waals surface area contributed by atoms with E-state index in [-0.39, 0.29) is 6.54 Å². The summed E-state index contributed by atoms with van der Waals surface area (Å²) in [6.07, 6.45) is -0.503. The van der Waals surface area contributed by atoms with E-state index in [9.17, 15) is 4.79 Å². The number of amides is 1. The third kappa shape index (κ3) is 15.9. The summed E-state index contributed by atoms with van der Waals surface area (Å²) in [7, 11) is 1.28. The Kier molecular flexibility index (Phi) is 10.9. The molecule has 0 bridgehead atoms. The first-order valence-corrected chi connectivity index (χ1v) is 3.42. The second-order valence-electron chi connectivity index (χ2n) is 1.59. The zero-order valence-corrected chi connectivity index (χ0v) is 7.81. The Morgan fingerprint density at radius 2 is 2.25 bits per heavy atom. The van der Waals surface area contributed by atoms with Gasteiger partial charge in [0, 0.05) is 12.0 Å². The van der Waals surface area contributed by atoms with E-state index in [2.05, 4.69) is 16.6 Å². The third-order valence-corrected chi connectivity index (χ3v) is 0.744. The van der Waals surface area contributed by atoms with Crippen molar-refractivity contribution in [3.63, 3.8) is 0 Å². The predicted molar refractivity (Wildman–Crippen MR) is 46.7 cm³/mol. The van der Waals surface area contributed by atoms with Crippen molar-refractivity contribution in [1.82, 2.24) is 5.32 Å². The summed E-state index contributed by atoms with van der Waals surface area (Å²) in [5, 5.41) is 10.0. The molecule has 0 aliphatic heterocycles. The lowest BCUT2D eigenvalue weighted by Gasteiger charge is -1.99. The van der Waals surface area contributed by atoms with Crippen LogP contribution in [0.5, 0.6) is 0 Å². The molecule has 0 spiro atoms. The Morgan fingerprint density at radius 3 is 2.50 bits per heavy atom. The molecule has 1 N–H and O–H groups in total. The standard InChI is InChI=1S/C5H8ClNO2.C2H3N/c1-4(6)3-7-5(8)9-2;1-2-3/h1,3H2,2H3,(H,7,8);1H3. The molecule has 0 radical (unpaired) electrons. The normalized spacial score (nSPS) is 6.83. The highest BCUT2D eigenvalue weighted by Gasteiger charge is 1.95. The van der Waals surface area contributed by atoms with Crippen LogP contribution in [-0.4, -0.2) is 19.7 Å². The first kappa shape index (κ1) is 13.4. The van der Waals surface area contributed by atoms with E-state index < -0.39 is 6.09 Å². The zero-order chi connectivity index (χ0) is 9.98. The average molecular weight is 191 g/mol. The SMILES string of the molecule is C=C(Cl)CNC(=O)OC.CC#N. The van der Waals surface area contributed by atoms with Gasteiger partial charge in [-0.1, -0.05) is 18.2 Å². The number of nitrogens with one attached hydrogen (secondary N) is 1. The summed E-state index contributed by atoms with van der Waals surface area (Å²) in [5.41, 5.74) is 0. The minimum absolute atomic E-state index is 0.244. The summed E-state index contributed by atoms with van der Waals surface area (Å²) >= 11 is 5.31. The summed E-state index contributed by atoms with van der Waals surface area (Å²) in [6, 6.07) is 1.75. The summed E-state index contributed by atoms with van der Waals surface area (Å²) in [5.74, 6) is 0. The van der Waals surface area contributed by atoms with Crippen LogP contribution in [0, 0.1) is 11.3 Å². The number of rotatable bonds is 2. The van der Waals surface area contributed by atoms with E-state index in [1.165, 1.54) is 14.0 Å². The van der Waals surface area contributed by atoms with E-state index in [0.717, 1.165) is 0 Å². The highest BCUT2D eigenvalue weighted by Crippen LogP contribution is 1.91. The molecule has 5 heteroatoms. The molecule has 0 saturated carbocycles. The van der Waals surface area contributed by atoms with Crippen LogP contribution in [-0.2, 0) is 4.74 Å². The molecule has 68 valence electrons. The Labute approximate surface area is 76.8 Å². The molecule has 4 nitrogen and oxygen atoms in total. The molecule has 0 aliphatic carbocycles. The summed E-state index contributed by atoms with van der Waals surface area (Å²) < 4.78 is 4.25. The maximum Gasteiger partial charge on any atom is 0.407 e. The molecule has 0 aromatic heterocycles. The van der Waals surface area contributed by atoms with E-state index in [0.29, 0.717) is 5.03 Å². The first-order valence-electron chi connectivity index (χ1n) is 3.04. The average Bonchev–Trinajstić information content (AvgIpc) is 2.01. The molecule has 1 amide bonds. The predicted octanol–water partition coefficient (Wildman–Crippen LogP) is 1.62. The quantitative estimate of drug-likeness (QED) is 0.720. The number of hydrogen-bond donors (Lipinski definition) is 1. The number of alkyl carbamates (subject to hydrolysis) is 1. The molecule has 0 aromatic carbocycles. The van der Waals surface area contributed by atoms with Crippen LogP contribution in [0.15, 0.2) is 11.6 Å². The molecular formula is C7H11ClN2O2. The van der Waals surface area contributed by atoms with Crippen molar-refractivity contribution in [2.75, 3.05) is 13.7 Å². The topological polar surface area (TPSA) is 62.1 Å². The largest absolute Gasteiger partial charge is 0.453 e. The fourth-order valence-electron chi connectivity index (χ4n) is 0.240. The Balaban J connectivity index is 0. The second kappa shape index (κ2) is 9.79. The van der Waals surface area contributed by atoms with E-state index in [1.807, 2.05) is 0 Å². The van der Waals surface area contributed by atoms with E-state index in [4.69, 9.17) is 16.9 Å². The van der Waals surface area contributed by atoms with Crippen LogP contribution < -0.4 is 5.32 Å². The van der Waals surface area contributed by atoms with Crippen molar-refractivity contribution in [1.29, 1.82) is 5.26 Å². The van der Waals surface area contributed by atoms with Crippen LogP contribution >= 0.6 is 11.6 Å². The van der Waals surface area contributed by atoms with Gasteiger partial charge in [-0.2, -0.15) is 5.26 Å². The van der Waals surface area contributed by atoms with Crippen molar-refractivity contribution in [3.8, 4) is 6.07 Å². The lowest BCUT2D eigenvalue weighted by molar-refractivity contribution is 0.172. The number of carbonyl (C=O) groups excluding carboxylic acids is 1. The molecule has 0 atom stereocenters. The maximum absolute atomic E-state index is 10.3. The van der Waals surface area contributed by atoms with Gasteiger partial charge in [0.25, 0.3) is 0 Å². The van der Waals surface area contributed by atoms with Crippen molar-refractivity contribution in [2.45, 2.75) is 6.92 Å². The van der Waals surface area contributed by atoms with Gasteiger partial charge in [0.05, 0.1) is 19.7 Å². The first-order chi connectivity index (χ1) is 5.58. The minimum atomic E-state index is -0.503. The van der Waals surface area contributed by atoms with Crippen LogP contribution in [0.3, 0.4) is 0 Å². The molecular weight excluding hydrogens is 180 g/mol. The minimum Gasteiger partial charge on any atom is -0.453 e. The number of carbonyl (C=O) groups is 1. The molecule has 0 rings (SSSR count). The van der Waals surface area contributed by atoms with Crippen molar-refractivity contribution in [3.05, 3.63) is 11.6 Å². The van der Waals surface area contributed by atoms with Gasteiger partial charge in [-0.25, -0.2) is 4.79 Å². The summed E-state index contributed by atoms with van der Waals surface area (Å²) in [6.45, 7) is 5.03. The Bertz CT molecular complexity index is 186. The molecule has 0 fully saturated rings. The van der Waals surface area contributed by atoms with Crippen molar-refractivity contribution >= 4 is 17.7 Å². The number of nitriles is 1. The van der Waals surface area contributed by atoms with Gasteiger partial charge in [-0.15, -0.1) is 0 Å². The lowest BCUT2D eigenvalue weighted by atomic mass is 10.6. The van der Waals surface area contributed by atoms with Crippen LogP contribution in [0.4, 0.5) is 4.79 Å². The van der Waals surface area contributed by atoms with Crippen molar-refractivity contribution < 1.29 is 9.53 Å². The molecule has 0 aromatic rings. The van der Waals surface area contributed by atoms with Gasteiger partial charge >= 0.3 is 6.09 Å². The zero-order valence-electron chi connectivity index (χ0n) is 7.06. The third-order valence-electron chi connectivity index (χ3n) is 0.610.